The molecule has 84 valence electrons. The van der Waals surface area contributed by atoms with Crippen molar-refractivity contribution in [2.75, 3.05) is 13.1 Å². The van der Waals surface area contributed by atoms with Crippen molar-refractivity contribution in [1.29, 1.82) is 0 Å². The third kappa shape index (κ3) is 8.01. The van der Waals surface area contributed by atoms with Crippen LogP contribution in [0.2, 0.25) is 0 Å². The number of hydrogen-bond donors (Lipinski definition) is 3. The minimum absolute atomic E-state index is 0.0120. The summed E-state index contributed by atoms with van der Waals surface area (Å²) in [5.74, 6) is -0.0120. The maximum absolute atomic E-state index is 11.2. The van der Waals surface area contributed by atoms with Crippen molar-refractivity contribution in [2.24, 2.45) is 0 Å². The molecule has 0 bridgehead atoms. The maximum Gasteiger partial charge on any atom is 0.233 e. The topological polar surface area (TPSA) is 61.4 Å². The van der Waals surface area contributed by atoms with Crippen molar-refractivity contribution in [3.8, 4) is 0 Å². The predicted octanol–water partition coefficient (Wildman–Crippen LogP) is 0.262. The van der Waals surface area contributed by atoms with Crippen molar-refractivity contribution in [3.63, 3.8) is 0 Å². The Labute approximate surface area is 86.1 Å². The van der Waals surface area contributed by atoms with E-state index in [0.29, 0.717) is 25.6 Å². The Balaban J connectivity index is 3.35. The molecule has 4 nitrogen and oxygen atoms in total. The standard InChI is InChI=1S/C10H22N2O2/c1-4-9(13)5-6-11-10(14)7-12-8(2)3/h8-9,12-13H,4-7H2,1-3H3,(H,11,14). The fourth-order valence-corrected chi connectivity index (χ4v) is 0.942. The normalized spacial score (nSPS) is 12.9. The van der Waals surface area contributed by atoms with E-state index in [0.717, 1.165) is 6.42 Å². The predicted molar refractivity (Wildman–Crippen MR) is 57.1 cm³/mol. The van der Waals surface area contributed by atoms with Gasteiger partial charge >= 0.3 is 0 Å². The minimum atomic E-state index is -0.298. The fraction of sp³-hybridized carbons (Fsp3) is 0.900. The van der Waals surface area contributed by atoms with Crippen LogP contribution in [-0.4, -0.2) is 36.2 Å². The highest BCUT2D eigenvalue weighted by molar-refractivity contribution is 5.77. The van der Waals surface area contributed by atoms with Crippen LogP contribution in [0.15, 0.2) is 0 Å². The van der Waals surface area contributed by atoms with Crippen molar-refractivity contribution in [1.82, 2.24) is 10.6 Å². The van der Waals surface area contributed by atoms with E-state index in [1.165, 1.54) is 0 Å². The van der Waals surface area contributed by atoms with Gasteiger partial charge in [-0.25, -0.2) is 0 Å². The van der Waals surface area contributed by atoms with Gasteiger partial charge in [0, 0.05) is 12.6 Å². The third-order valence-corrected chi connectivity index (χ3v) is 1.94. The Morgan fingerprint density at radius 2 is 2.07 bits per heavy atom. The number of carbonyl (C=O) groups is 1. The number of nitrogens with one attached hydrogen (secondary N) is 2. The van der Waals surface area contributed by atoms with Crippen molar-refractivity contribution < 1.29 is 9.90 Å². The Kier molecular flexibility index (Phi) is 7.42. The molecule has 1 unspecified atom stereocenters. The molecule has 0 heterocycles. The van der Waals surface area contributed by atoms with Gasteiger partial charge < -0.3 is 15.7 Å². The first-order valence-corrected chi connectivity index (χ1v) is 5.24. The summed E-state index contributed by atoms with van der Waals surface area (Å²) in [6.45, 7) is 6.81. The Bertz CT molecular complexity index is 160. The van der Waals surface area contributed by atoms with Crippen LogP contribution in [-0.2, 0) is 4.79 Å². The van der Waals surface area contributed by atoms with Crippen LogP contribution < -0.4 is 10.6 Å². The van der Waals surface area contributed by atoms with E-state index in [2.05, 4.69) is 10.6 Å². The monoisotopic (exact) mass is 202 g/mol. The summed E-state index contributed by atoms with van der Waals surface area (Å²) in [5, 5.41) is 15.0. The summed E-state index contributed by atoms with van der Waals surface area (Å²) < 4.78 is 0. The quantitative estimate of drug-likeness (QED) is 0.555. The lowest BCUT2D eigenvalue weighted by atomic mass is 10.2. The first kappa shape index (κ1) is 13.4. The van der Waals surface area contributed by atoms with E-state index in [-0.39, 0.29) is 12.0 Å². The molecule has 0 aliphatic heterocycles. The van der Waals surface area contributed by atoms with Crippen LogP contribution in [0.4, 0.5) is 0 Å². The molecular formula is C10H22N2O2. The molecule has 3 N–H and O–H groups in total. The lowest BCUT2D eigenvalue weighted by Crippen LogP contribution is -2.37. The molecule has 0 aliphatic rings. The molecule has 4 heteroatoms. The second kappa shape index (κ2) is 7.76. The van der Waals surface area contributed by atoms with Gasteiger partial charge in [-0.3, -0.25) is 4.79 Å². The van der Waals surface area contributed by atoms with Gasteiger partial charge in [-0.05, 0) is 12.8 Å². The Morgan fingerprint density at radius 1 is 1.43 bits per heavy atom. The molecule has 0 fully saturated rings. The minimum Gasteiger partial charge on any atom is -0.393 e. The van der Waals surface area contributed by atoms with Gasteiger partial charge in [0.25, 0.3) is 0 Å². The van der Waals surface area contributed by atoms with Crippen LogP contribution in [0.3, 0.4) is 0 Å². The number of hydrogen-bond acceptors (Lipinski definition) is 3. The summed E-state index contributed by atoms with van der Waals surface area (Å²) in [6, 6.07) is 0.321. The highest BCUT2D eigenvalue weighted by Gasteiger charge is 2.03. The molecule has 0 saturated heterocycles. The van der Waals surface area contributed by atoms with Gasteiger partial charge in [-0.1, -0.05) is 20.8 Å². The van der Waals surface area contributed by atoms with Crippen LogP contribution in [0.5, 0.6) is 0 Å². The molecule has 0 aromatic carbocycles. The molecule has 0 aliphatic carbocycles. The van der Waals surface area contributed by atoms with E-state index >= 15 is 0 Å². The van der Waals surface area contributed by atoms with E-state index in [1.807, 2.05) is 20.8 Å². The largest absolute Gasteiger partial charge is 0.393 e. The molecule has 1 amide bonds. The lowest BCUT2D eigenvalue weighted by molar-refractivity contribution is -0.120. The number of amides is 1. The highest BCUT2D eigenvalue weighted by atomic mass is 16.3. The number of aliphatic hydroxyl groups excluding tert-OH is 1. The molecule has 0 spiro atoms. The average molecular weight is 202 g/mol. The Hall–Kier alpha value is -0.610. The van der Waals surface area contributed by atoms with Gasteiger partial charge in [0.15, 0.2) is 0 Å². The van der Waals surface area contributed by atoms with Gasteiger partial charge in [-0.15, -0.1) is 0 Å². The molecule has 1 atom stereocenters. The van der Waals surface area contributed by atoms with Gasteiger partial charge in [0.1, 0.15) is 0 Å². The zero-order valence-corrected chi connectivity index (χ0v) is 9.34. The van der Waals surface area contributed by atoms with E-state index < -0.39 is 0 Å². The molecule has 0 rings (SSSR count). The second-order valence-corrected chi connectivity index (χ2v) is 3.74. The van der Waals surface area contributed by atoms with Crippen molar-refractivity contribution in [2.45, 2.75) is 45.8 Å². The van der Waals surface area contributed by atoms with Crippen LogP contribution in [0, 0.1) is 0 Å². The first-order valence-electron chi connectivity index (χ1n) is 5.24. The molecule has 0 saturated carbocycles. The number of aliphatic hydroxyl groups is 1. The van der Waals surface area contributed by atoms with Crippen LogP contribution >= 0.6 is 0 Å². The summed E-state index contributed by atoms with van der Waals surface area (Å²) in [7, 11) is 0. The van der Waals surface area contributed by atoms with Crippen LogP contribution in [0.25, 0.3) is 0 Å². The average Bonchev–Trinajstić information content (AvgIpc) is 2.14. The van der Waals surface area contributed by atoms with Crippen molar-refractivity contribution in [3.05, 3.63) is 0 Å². The fourth-order valence-electron chi connectivity index (χ4n) is 0.942. The molecule has 0 aromatic rings. The summed E-state index contributed by atoms with van der Waals surface area (Å²) >= 11 is 0. The van der Waals surface area contributed by atoms with Crippen molar-refractivity contribution >= 4 is 5.91 Å². The van der Waals surface area contributed by atoms with Gasteiger partial charge in [0.2, 0.25) is 5.91 Å². The molecule has 0 radical (unpaired) electrons. The number of carbonyl (C=O) groups excluding carboxylic acids is 1. The summed E-state index contributed by atoms with van der Waals surface area (Å²) in [5.41, 5.74) is 0. The Morgan fingerprint density at radius 3 is 2.57 bits per heavy atom. The van der Waals surface area contributed by atoms with E-state index in [1.54, 1.807) is 0 Å². The third-order valence-electron chi connectivity index (χ3n) is 1.94. The lowest BCUT2D eigenvalue weighted by Gasteiger charge is -2.10. The van der Waals surface area contributed by atoms with E-state index in [9.17, 15) is 9.90 Å². The second-order valence-electron chi connectivity index (χ2n) is 3.74. The summed E-state index contributed by atoms with van der Waals surface area (Å²) in [4.78, 5) is 11.2. The molecular weight excluding hydrogens is 180 g/mol. The number of rotatable bonds is 7. The summed E-state index contributed by atoms with van der Waals surface area (Å²) in [6.07, 6.45) is 1.07. The smallest absolute Gasteiger partial charge is 0.233 e. The van der Waals surface area contributed by atoms with Gasteiger partial charge in [-0.2, -0.15) is 0 Å². The van der Waals surface area contributed by atoms with E-state index in [4.69, 9.17) is 0 Å². The highest BCUT2D eigenvalue weighted by Crippen LogP contribution is 1.93. The maximum atomic E-state index is 11.2. The molecule has 14 heavy (non-hydrogen) atoms. The molecule has 0 aromatic heterocycles. The first-order chi connectivity index (χ1) is 6.56. The zero-order valence-electron chi connectivity index (χ0n) is 9.34. The van der Waals surface area contributed by atoms with Gasteiger partial charge in [0.05, 0.1) is 12.6 Å². The SMILES string of the molecule is CCC(O)CCNC(=O)CNC(C)C. The zero-order chi connectivity index (χ0) is 11.0. The van der Waals surface area contributed by atoms with Crippen LogP contribution in [0.1, 0.15) is 33.6 Å².